The highest BCUT2D eigenvalue weighted by atomic mass is 35.5. The zero-order valence-electron chi connectivity index (χ0n) is 8.24. The third kappa shape index (κ3) is 3.34. The van der Waals surface area contributed by atoms with E-state index in [2.05, 4.69) is 11.9 Å². The first kappa shape index (κ1) is 12.7. The van der Waals surface area contributed by atoms with Gasteiger partial charge in [0.1, 0.15) is 0 Å². The van der Waals surface area contributed by atoms with Gasteiger partial charge in [0.25, 0.3) is 0 Å². The maximum atomic E-state index is 12.3. The molecule has 0 aliphatic heterocycles. The number of benzene rings is 1. The van der Waals surface area contributed by atoms with Crippen LogP contribution in [-0.4, -0.2) is 6.54 Å². The first-order valence-electron chi connectivity index (χ1n) is 4.34. The Morgan fingerprint density at radius 3 is 2.50 bits per heavy atom. The Hall–Kier alpha value is -1.36. The number of hydrogen-bond donors (Lipinski definition) is 2. The number of nitrogens with one attached hydrogen (secondary N) is 1. The molecule has 16 heavy (non-hydrogen) atoms. The molecule has 0 heterocycles. The summed E-state index contributed by atoms with van der Waals surface area (Å²) in [5, 5.41) is 3.11. The summed E-state index contributed by atoms with van der Waals surface area (Å²) in [5.74, 6) is 0. The molecule has 2 nitrogen and oxygen atoms in total. The van der Waals surface area contributed by atoms with E-state index >= 15 is 0 Å². The maximum absolute atomic E-state index is 12.3. The van der Waals surface area contributed by atoms with E-state index in [4.69, 9.17) is 17.3 Å². The Morgan fingerprint density at radius 2 is 2.06 bits per heavy atom. The lowest BCUT2D eigenvalue weighted by atomic mass is 10.1. The number of halogens is 4. The SMILES string of the molecule is C=C(Cl)CNc1ccc(C(F)(F)F)cc1N. The van der Waals surface area contributed by atoms with E-state index in [1.807, 2.05) is 0 Å². The van der Waals surface area contributed by atoms with Crippen molar-refractivity contribution in [2.45, 2.75) is 6.18 Å². The number of hydrogen-bond acceptors (Lipinski definition) is 2. The summed E-state index contributed by atoms with van der Waals surface area (Å²) in [6.07, 6.45) is -4.39. The molecule has 0 aromatic heterocycles. The van der Waals surface area contributed by atoms with Crippen molar-refractivity contribution in [3.8, 4) is 0 Å². The molecule has 0 saturated carbocycles. The molecule has 0 unspecified atom stereocenters. The van der Waals surface area contributed by atoms with Gasteiger partial charge in [-0.25, -0.2) is 0 Å². The topological polar surface area (TPSA) is 38.0 Å². The van der Waals surface area contributed by atoms with Gasteiger partial charge in [-0.05, 0) is 18.2 Å². The van der Waals surface area contributed by atoms with Crippen LogP contribution >= 0.6 is 11.6 Å². The first-order chi connectivity index (χ1) is 7.30. The molecule has 6 heteroatoms. The maximum Gasteiger partial charge on any atom is 0.416 e. The van der Waals surface area contributed by atoms with Gasteiger partial charge in [-0.3, -0.25) is 0 Å². The third-order valence-corrected chi connectivity index (χ3v) is 1.98. The van der Waals surface area contributed by atoms with E-state index in [1.54, 1.807) is 0 Å². The molecule has 88 valence electrons. The number of rotatable bonds is 3. The monoisotopic (exact) mass is 250 g/mol. The van der Waals surface area contributed by atoms with Crippen LogP contribution < -0.4 is 11.1 Å². The zero-order chi connectivity index (χ0) is 12.3. The minimum absolute atomic E-state index is 0.0211. The fourth-order valence-electron chi connectivity index (χ4n) is 1.09. The molecule has 0 atom stereocenters. The summed E-state index contributed by atoms with van der Waals surface area (Å²) in [6.45, 7) is 3.69. The molecule has 0 amide bonds. The fraction of sp³-hybridized carbons (Fsp3) is 0.200. The number of anilines is 2. The number of nitrogens with two attached hydrogens (primary N) is 1. The standard InChI is InChI=1S/C10H10ClF3N2/c1-6(11)5-16-9-3-2-7(4-8(9)15)10(12,13)14/h2-4,16H,1,5,15H2. The Balaban J connectivity index is 2.88. The van der Waals surface area contributed by atoms with E-state index in [0.29, 0.717) is 10.7 Å². The van der Waals surface area contributed by atoms with Crippen LogP contribution in [0.3, 0.4) is 0 Å². The van der Waals surface area contributed by atoms with Crippen molar-refractivity contribution in [3.05, 3.63) is 35.4 Å². The Morgan fingerprint density at radius 1 is 1.44 bits per heavy atom. The average molecular weight is 251 g/mol. The second-order valence-electron chi connectivity index (χ2n) is 3.17. The second kappa shape index (κ2) is 4.65. The van der Waals surface area contributed by atoms with Crippen molar-refractivity contribution in [3.63, 3.8) is 0 Å². The lowest BCUT2D eigenvalue weighted by Gasteiger charge is -2.12. The smallest absolute Gasteiger partial charge is 0.397 e. The highest BCUT2D eigenvalue weighted by Gasteiger charge is 2.30. The van der Waals surface area contributed by atoms with Gasteiger partial charge in [0.2, 0.25) is 0 Å². The van der Waals surface area contributed by atoms with E-state index in [-0.39, 0.29) is 12.2 Å². The normalized spacial score (nSPS) is 11.2. The summed E-state index contributed by atoms with van der Waals surface area (Å²) in [6, 6.07) is 3.09. The molecule has 0 aliphatic rings. The highest BCUT2D eigenvalue weighted by Crippen LogP contribution is 2.32. The van der Waals surface area contributed by atoms with Crippen LogP contribution in [0.2, 0.25) is 0 Å². The predicted octanol–water partition coefficient (Wildman–Crippen LogP) is 3.45. The number of alkyl halides is 3. The van der Waals surface area contributed by atoms with Gasteiger partial charge in [0.05, 0.1) is 23.5 Å². The lowest BCUT2D eigenvalue weighted by Crippen LogP contribution is -2.08. The van der Waals surface area contributed by atoms with Gasteiger partial charge in [0.15, 0.2) is 0 Å². The van der Waals surface area contributed by atoms with Gasteiger partial charge >= 0.3 is 6.18 Å². The molecule has 0 saturated heterocycles. The van der Waals surface area contributed by atoms with Crippen LogP contribution in [0.15, 0.2) is 29.8 Å². The largest absolute Gasteiger partial charge is 0.416 e. The zero-order valence-corrected chi connectivity index (χ0v) is 8.99. The van der Waals surface area contributed by atoms with Crippen molar-refractivity contribution >= 4 is 23.0 Å². The van der Waals surface area contributed by atoms with E-state index in [9.17, 15) is 13.2 Å². The molecular weight excluding hydrogens is 241 g/mol. The summed E-state index contributed by atoms with van der Waals surface area (Å²) >= 11 is 5.51. The molecule has 1 aromatic rings. The fourth-order valence-corrected chi connectivity index (χ4v) is 1.16. The first-order valence-corrected chi connectivity index (χ1v) is 4.72. The second-order valence-corrected chi connectivity index (χ2v) is 3.71. The molecule has 0 spiro atoms. The van der Waals surface area contributed by atoms with Gasteiger partial charge in [-0.15, -0.1) is 0 Å². The van der Waals surface area contributed by atoms with Crippen LogP contribution in [0.4, 0.5) is 24.5 Å². The summed E-state index contributed by atoms with van der Waals surface area (Å²) < 4.78 is 36.9. The van der Waals surface area contributed by atoms with Crippen LogP contribution in [0.25, 0.3) is 0 Å². The van der Waals surface area contributed by atoms with E-state index in [0.717, 1.165) is 12.1 Å². The average Bonchev–Trinajstić information content (AvgIpc) is 2.14. The van der Waals surface area contributed by atoms with Crippen molar-refractivity contribution in [1.82, 2.24) is 0 Å². The minimum atomic E-state index is -4.39. The van der Waals surface area contributed by atoms with Crippen LogP contribution in [0, 0.1) is 0 Å². The van der Waals surface area contributed by atoms with E-state index < -0.39 is 11.7 Å². The quantitative estimate of drug-likeness (QED) is 0.807. The van der Waals surface area contributed by atoms with Crippen molar-refractivity contribution in [2.75, 3.05) is 17.6 Å². The van der Waals surface area contributed by atoms with Crippen molar-refractivity contribution in [1.29, 1.82) is 0 Å². The van der Waals surface area contributed by atoms with Gasteiger partial charge in [-0.2, -0.15) is 13.2 Å². The summed E-state index contributed by atoms with van der Waals surface area (Å²) in [5.41, 5.74) is 5.11. The van der Waals surface area contributed by atoms with Gasteiger partial charge in [-0.1, -0.05) is 18.2 Å². The molecule has 0 aliphatic carbocycles. The Bertz CT molecular complexity index is 402. The van der Waals surface area contributed by atoms with Crippen LogP contribution in [0.5, 0.6) is 0 Å². The van der Waals surface area contributed by atoms with Crippen LogP contribution in [0.1, 0.15) is 5.56 Å². The summed E-state index contributed by atoms with van der Waals surface area (Å²) in [4.78, 5) is 0. The van der Waals surface area contributed by atoms with E-state index in [1.165, 1.54) is 6.07 Å². The molecule has 1 rings (SSSR count). The third-order valence-electron chi connectivity index (χ3n) is 1.85. The Kier molecular flexibility index (Phi) is 3.70. The molecule has 0 fully saturated rings. The Labute approximate surface area is 95.9 Å². The predicted molar refractivity (Wildman–Crippen MR) is 59.3 cm³/mol. The van der Waals surface area contributed by atoms with Crippen molar-refractivity contribution in [2.24, 2.45) is 0 Å². The molecule has 0 bridgehead atoms. The summed E-state index contributed by atoms with van der Waals surface area (Å²) in [7, 11) is 0. The van der Waals surface area contributed by atoms with Crippen molar-refractivity contribution < 1.29 is 13.2 Å². The van der Waals surface area contributed by atoms with Gasteiger partial charge in [0, 0.05) is 5.03 Å². The van der Waals surface area contributed by atoms with Crippen LogP contribution in [-0.2, 0) is 6.18 Å². The highest BCUT2D eigenvalue weighted by molar-refractivity contribution is 6.29. The van der Waals surface area contributed by atoms with Gasteiger partial charge < -0.3 is 11.1 Å². The number of nitrogen functional groups attached to an aromatic ring is 1. The molecule has 0 radical (unpaired) electrons. The molecular formula is C10H10ClF3N2. The molecule has 3 N–H and O–H groups in total. The lowest BCUT2D eigenvalue weighted by molar-refractivity contribution is -0.137. The minimum Gasteiger partial charge on any atom is -0.397 e. The molecule has 1 aromatic carbocycles.